The maximum absolute atomic E-state index is 13.2. The van der Waals surface area contributed by atoms with Crippen LogP contribution in [-0.4, -0.2) is 44.3 Å². The Morgan fingerprint density at radius 1 is 1.17 bits per heavy atom. The molecule has 1 aliphatic heterocycles. The molecule has 2 N–H and O–H groups in total. The van der Waals surface area contributed by atoms with Crippen molar-refractivity contribution in [2.45, 2.75) is 25.3 Å². The Morgan fingerprint density at radius 2 is 2.00 bits per heavy atom. The lowest BCUT2D eigenvalue weighted by atomic mass is 9.65. The zero-order valence-corrected chi connectivity index (χ0v) is 20.4. The standard InChI is InChI=1S/C27H25N5O3S/c1-2-24(34)31-12-11-27(16-31)13-18(14-27)32-20-6-4-3-5-19(20)29-26(32)30-25(35)22-9-8-21(36-22)17-7-10-23(33)28-15-17/h2-10,15,18H,1,11-14,16H2,(H,28,33)(H,29,30,35)/t18-,27-. The van der Waals surface area contributed by atoms with Gasteiger partial charge in [-0.05, 0) is 61.1 Å². The highest BCUT2D eigenvalue weighted by atomic mass is 32.1. The fourth-order valence-corrected chi connectivity index (χ4v) is 6.45. The molecule has 1 aliphatic carbocycles. The van der Waals surface area contributed by atoms with E-state index >= 15 is 0 Å². The lowest BCUT2D eigenvalue weighted by Gasteiger charge is -2.46. The van der Waals surface area contributed by atoms with Crippen LogP contribution < -0.4 is 10.9 Å². The first-order chi connectivity index (χ1) is 17.4. The van der Waals surface area contributed by atoms with E-state index in [1.165, 1.54) is 23.5 Å². The van der Waals surface area contributed by atoms with Gasteiger partial charge in [-0.15, -0.1) is 11.3 Å². The predicted molar refractivity (Wildman–Crippen MR) is 140 cm³/mol. The van der Waals surface area contributed by atoms with Gasteiger partial charge in [-0.1, -0.05) is 18.7 Å². The van der Waals surface area contributed by atoms with Gasteiger partial charge in [0.2, 0.25) is 17.4 Å². The van der Waals surface area contributed by atoms with Crippen molar-refractivity contribution in [1.29, 1.82) is 0 Å². The summed E-state index contributed by atoms with van der Waals surface area (Å²) in [5, 5.41) is 3.04. The number of aromatic nitrogens is 3. The Balaban J connectivity index is 1.24. The number of fused-ring (bicyclic) bond motifs is 1. The number of benzene rings is 1. The van der Waals surface area contributed by atoms with Crippen LogP contribution in [0.4, 0.5) is 5.95 Å². The molecule has 3 aromatic heterocycles. The van der Waals surface area contributed by atoms with Crippen LogP contribution in [0.25, 0.3) is 21.5 Å². The lowest BCUT2D eigenvalue weighted by Crippen LogP contribution is -2.42. The number of carbonyl (C=O) groups is 2. The molecule has 182 valence electrons. The first kappa shape index (κ1) is 22.5. The first-order valence-electron chi connectivity index (χ1n) is 11.9. The van der Waals surface area contributed by atoms with E-state index in [2.05, 4.69) is 21.4 Å². The van der Waals surface area contributed by atoms with Crippen LogP contribution in [0.2, 0.25) is 0 Å². The van der Waals surface area contributed by atoms with Crippen LogP contribution in [0, 0.1) is 5.41 Å². The largest absolute Gasteiger partial charge is 0.339 e. The number of nitrogens with one attached hydrogen (secondary N) is 2. The summed E-state index contributed by atoms with van der Waals surface area (Å²) in [7, 11) is 0. The molecule has 2 fully saturated rings. The summed E-state index contributed by atoms with van der Waals surface area (Å²) in [5.41, 5.74) is 2.64. The number of carbonyl (C=O) groups excluding carboxylic acids is 2. The van der Waals surface area contributed by atoms with Crippen LogP contribution in [0.5, 0.6) is 0 Å². The number of H-pyrrole nitrogens is 1. The van der Waals surface area contributed by atoms with Gasteiger partial charge in [0.05, 0.1) is 15.9 Å². The maximum Gasteiger partial charge on any atom is 0.268 e. The molecule has 2 aliphatic rings. The number of rotatable bonds is 5. The molecule has 2 amide bonds. The third kappa shape index (κ3) is 3.85. The van der Waals surface area contributed by atoms with Gasteiger partial charge in [-0.25, -0.2) is 4.98 Å². The van der Waals surface area contributed by atoms with Gasteiger partial charge in [0.1, 0.15) is 0 Å². The van der Waals surface area contributed by atoms with Crippen molar-refractivity contribution in [2.75, 3.05) is 18.4 Å². The normalized spacial score (nSPS) is 21.0. The van der Waals surface area contributed by atoms with Crippen molar-refractivity contribution in [3.05, 3.63) is 82.6 Å². The second-order valence-electron chi connectivity index (χ2n) is 9.63. The molecule has 1 spiro atoms. The van der Waals surface area contributed by atoms with Gasteiger partial charge in [-0.2, -0.15) is 0 Å². The van der Waals surface area contributed by atoms with Crippen LogP contribution in [0.1, 0.15) is 35.0 Å². The molecule has 0 bridgehead atoms. The molecule has 8 nitrogen and oxygen atoms in total. The Kier molecular flexibility index (Phi) is 5.37. The fraction of sp³-hybridized carbons (Fsp3) is 0.259. The van der Waals surface area contributed by atoms with E-state index in [0.717, 1.165) is 53.8 Å². The Morgan fingerprint density at radius 3 is 2.78 bits per heavy atom. The van der Waals surface area contributed by atoms with Gasteiger partial charge in [-0.3, -0.25) is 19.7 Å². The lowest BCUT2D eigenvalue weighted by molar-refractivity contribution is -0.125. The number of pyridine rings is 1. The minimum atomic E-state index is -0.218. The van der Waals surface area contributed by atoms with E-state index < -0.39 is 0 Å². The quantitative estimate of drug-likeness (QED) is 0.397. The number of hydrogen-bond acceptors (Lipinski definition) is 5. The van der Waals surface area contributed by atoms with E-state index in [9.17, 15) is 14.4 Å². The smallest absolute Gasteiger partial charge is 0.268 e. The van der Waals surface area contributed by atoms with E-state index in [-0.39, 0.29) is 28.8 Å². The SMILES string of the molecule is C=CC(=O)N1CC[C@]2(C1)C[C@H](n1c(NC(=O)c3ccc(-c4ccc(=O)[nH]c4)s3)nc3ccccc31)C2. The molecule has 1 saturated heterocycles. The Labute approximate surface area is 211 Å². The molecule has 1 aromatic carbocycles. The predicted octanol–water partition coefficient (Wildman–Crippen LogP) is 4.45. The highest BCUT2D eigenvalue weighted by Gasteiger charge is 2.50. The third-order valence-electron chi connectivity index (χ3n) is 7.35. The van der Waals surface area contributed by atoms with Crippen LogP contribution in [0.3, 0.4) is 0 Å². The van der Waals surface area contributed by atoms with Crippen molar-refractivity contribution < 1.29 is 9.59 Å². The number of thiophene rings is 1. The molecular formula is C27H25N5O3S. The van der Waals surface area contributed by atoms with Crippen LogP contribution >= 0.6 is 11.3 Å². The molecule has 4 aromatic rings. The molecule has 6 rings (SSSR count). The molecular weight excluding hydrogens is 474 g/mol. The van der Waals surface area contributed by atoms with Gasteiger partial charge in [0, 0.05) is 41.8 Å². The summed E-state index contributed by atoms with van der Waals surface area (Å²) in [6, 6.07) is 15.0. The molecule has 4 heterocycles. The van der Waals surface area contributed by atoms with Crippen molar-refractivity contribution in [1.82, 2.24) is 19.4 Å². The average molecular weight is 500 g/mol. The van der Waals surface area contributed by atoms with Crippen LogP contribution in [-0.2, 0) is 4.79 Å². The second-order valence-corrected chi connectivity index (χ2v) is 10.7. The fourth-order valence-electron chi connectivity index (χ4n) is 5.55. The summed E-state index contributed by atoms with van der Waals surface area (Å²) in [6.45, 7) is 5.14. The Hall–Kier alpha value is -3.98. The zero-order valence-electron chi connectivity index (χ0n) is 19.6. The van der Waals surface area contributed by atoms with Gasteiger partial charge in [0.25, 0.3) is 5.91 Å². The summed E-state index contributed by atoms with van der Waals surface area (Å²) in [6.07, 6.45) is 5.90. The Bertz CT molecular complexity index is 1540. The number of para-hydroxylation sites is 2. The third-order valence-corrected chi connectivity index (χ3v) is 8.48. The minimum absolute atomic E-state index is 0.00598. The number of amides is 2. The highest BCUT2D eigenvalue weighted by molar-refractivity contribution is 7.17. The second kappa shape index (κ2) is 8.60. The first-order valence-corrected chi connectivity index (χ1v) is 12.7. The number of aromatic amines is 1. The van der Waals surface area contributed by atoms with Crippen molar-refractivity contribution >= 4 is 40.1 Å². The molecule has 9 heteroatoms. The van der Waals surface area contributed by atoms with Gasteiger partial charge < -0.3 is 14.5 Å². The van der Waals surface area contributed by atoms with Gasteiger partial charge in [0.15, 0.2) is 0 Å². The molecule has 36 heavy (non-hydrogen) atoms. The molecule has 0 unspecified atom stereocenters. The zero-order chi connectivity index (χ0) is 24.9. The van der Waals surface area contributed by atoms with E-state index in [0.29, 0.717) is 10.8 Å². The molecule has 0 atom stereocenters. The van der Waals surface area contributed by atoms with Gasteiger partial charge >= 0.3 is 0 Å². The maximum atomic E-state index is 13.2. The highest BCUT2D eigenvalue weighted by Crippen LogP contribution is 2.55. The minimum Gasteiger partial charge on any atom is -0.339 e. The summed E-state index contributed by atoms with van der Waals surface area (Å²) in [5.74, 6) is 0.315. The number of likely N-dealkylation sites (tertiary alicyclic amines) is 1. The van der Waals surface area contributed by atoms with E-state index in [4.69, 9.17) is 4.98 Å². The summed E-state index contributed by atoms with van der Waals surface area (Å²) < 4.78 is 2.15. The number of anilines is 1. The number of imidazole rings is 1. The molecule has 1 saturated carbocycles. The van der Waals surface area contributed by atoms with Crippen molar-refractivity contribution in [3.63, 3.8) is 0 Å². The number of nitrogens with zero attached hydrogens (tertiary/aromatic N) is 3. The van der Waals surface area contributed by atoms with Crippen LogP contribution in [0.15, 0.2) is 72.2 Å². The van der Waals surface area contributed by atoms with Crippen molar-refractivity contribution in [2.24, 2.45) is 5.41 Å². The van der Waals surface area contributed by atoms with E-state index in [1.54, 1.807) is 18.3 Å². The molecule has 0 radical (unpaired) electrons. The summed E-state index contributed by atoms with van der Waals surface area (Å²) in [4.78, 5) is 47.4. The van der Waals surface area contributed by atoms with E-state index in [1.807, 2.05) is 35.2 Å². The topological polar surface area (TPSA) is 100 Å². The number of hydrogen-bond donors (Lipinski definition) is 2. The monoisotopic (exact) mass is 499 g/mol. The average Bonchev–Trinajstić information content (AvgIpc) is 3.60. The van der Waals surface area contributed by atoms with Crippen molar-refractivity contribution in [3.8, 4) is 10.4 Å². The summed E-state index contributed by atoms with van der Waals surface area (Å²) >= 11 is 1.36.